The smallest absolute Gasteiger partial charge is 0.350 e. The molecule has 0 bridgehead atoms. The number of likely N-dealkylation sites (N-methyl/N-ethyl adjacent to an activating group) is 1. The van der Waals surface area contributed by atoms with Crippen molar-refractivity contribution in [2.24, 2.45) is 0 Å². The van der Waals surface area contributed by atoms with Crippen LogP contribution in [0, 0.1) is 0 Å². The molecule has 5 nitrogen and oxygen atoms in total. The molecule has 0 aliphatic heterocycles. The third-order valence-corrected chi connectivity index (χ3v) is 2.47. The minimum atomic E-state index is -4.75. The number of halogens is 2. The van der Waals surface area contributed by atoms with Gasteiger partial charge in [-0.1, -0.05) is 0 Å². The van der Waals surface area contributed by atoms with Crippen LogP contribution in [0.4, 0.5) is 8.78 Å². The van der Waals surface area contributed by atoms with Gasteiger partial charge >= 0.3 is 11.7 Å². The molecular weight excluding hydrogens is 196 g/mol. The molecule has 0 aromatic carbocycles. The van der Waals surface area contributed by atoms with Gasteiger partial charge in [-0.2, -0.15) is 13.1 Å². The van der Waals surface area contributed by atoms with Gasteiger partial charge in [-0.15, -0.1) is 0 Å². The van der Waals surface area contributed by atoms with Crippen molar-refractivity contribution < 1.29 is 27.1 Å². The largest absolute Gasteiger partial charge is 0.480 e. The average Bonchev–Trinajstić information content (AvgIpc) is 1.85. The molecule has 0 saturated heterocycles. The second-order valence-electron chi connectivity index (χ2n) is 1.96. The number of aliphatic carboxylic acids is 1. The highest BCUT2D eigenvalue weighted by Gasteiger charge is 2.30. The fourth-order valence-electron chi connectivity index (χ4n) is 0.416. The van der Waals surface area contributed by atoms with Crippen molar-refractivity contribution in [2.75, 3.05) is 13.6 Å². The topological polar surface area (TPSA) is 74.7 Å². The zero-order valence-corrected chi connectivity index (χ0v) is 6.88. The van der Waals surface area contributed by atoms with Crippen LogP contribution in [0.5, 0.6) is 0 Å². The van der Waals surface area contributed by atoms with Gasteiger partial charge in [-0.05, 0) is 0 Å². The second-order valence-corrected chi connectivity index (χ2v) is 3.97. The van der Waals surface area contributed by atoms with Crippen LogP contribution < -0.4 is 0 Å². The van der Waals surface area contributed by atoms with Crippen molar-refractivity contribution in [2.45, 2.75) is 5.76 Å². The van der Waals surface area contributed by atoms with Crippen LogP contribution in [-0.2, 0) is 14.8 Å². The standard InChI is InChI=1S/C4H7F2NO4S/c1-7(2-3(8)9)12(10,11)4(5)6/h4H,2H2,1H3,(H,8,9). The Hall–Kier alpha value is -0.760. The highest BCUT2D eigenvalue weighted by molar-refractivity contribution is 7.89. The summed E-state index contributed by atoms with van der Waals surface area (Å²) in [5.41, 5.74) is 0. The minimum Gasteiger partial charge on any atom is -0.480 e. The molecule has 0 radical (unpaired) electrons. The number of nitrogens with zero attached hydrogens (tertiary/aromatic N) is 1. The molecule has 0 aromatic heterocycles. The van der Waals surface area contributed by atoms with E-state index in [0.717, 1.165) is 7.05 Å². The van der Waals surface area contributed by atoms with Crippen molar-refractivity contribution in [3.05, 3.63) is 0 Å². The molecular formula is C4H7F2NO4S. The number of carboxylic acid groups (broad SMARTS) is 1. The first-order valence-corrected chi connectivity index (χ1v) is 4.24. The molecule has 0 atom stereocenters. The molecule has 72 valence electrons. The van der Waals surface area contributed by atoms with Gasteiger partial charge in [0.25, 0.3) is 10.0 Å². The number of rotatable bonds is 4. The normalized spacial score (nSPS) is 12.4. The SMILES string of the molecule is CN(CC(=O)O)S(=O)(=O)C(F)F. The van der Waals surface area contributed by atoms with E-state index in [-0.39, 0.29) is 4.31 Å². The van der Waals surface area contributed by atoms with Crippen molar-refractivity contribution in [3.8, 4) is 0 Å². The van der Waals surface area contributed by atoms with Crippen LogP contribution in [0.1, 0.15) is 0 Å². The maximum Gasteiger partial charge on any atom is 0.350 e. The summed E-state index contributed by atoms with van der Waals surface area (Å²) < 4.78 is 44.4. The van der Waals surface area contributed by atoms with Gasteiger partial charge in [-0.3, -0.25) is 4.79 Å². The van der Waals surface area contributed by atoms with Crippen LogP contribution in [0.25, 0.3) is 0 Å². The predicted octanol–water partition coefficient (Wildman–Crippen LogP) is -0.445. The summed E-state index contributed by atoms with van der Waals surface area (Å²) in [4.78, 5) is 9.93. The number of hydrogen-bond acceptors (Lipinski definition) is 3. The van der Waals surface area contributed by atoms with Crippen LogP contribution in [0.3, 0.4) is 0 Å². The lowest BCUT2D eigenvalue weighted by molar-refractivity contribution is -0.137. The van der Waals surface area contributed by atoms with E-state index < -0.39 is 28.3 Å². The second kappa shape index (κ2) is 3.76. The molecule has 12 heavy (non-hydrogen) atoms. The molecule has 0 amide bonds. The number of carbonyl (C=O) groups is 1. The fourth-order valence-corrected chi connectivity index (χ4v) is 0.979. The van der Waals surface area contributed by atoms with Crippen molar-refractivity contribution in [1.29, 1.82) is 0 Å². The molecule has 0 rings (SSSR count). The van der Waals surface area contributed by atoms with Crippen LogP contribution in [-0.4, -0.2) is 43.1 Å². The number of alkyl halides is 2. The van der Waals surface area contributed by atoms with E-state index in [1.165, 1.54) is 0 Å². The van der Waals surface area contributed by atoms with Crippen LogP contribution in [0.15, 0.2) is 0 Å². The van der Waals surface area contributed by atoms with E-state index in [2.05, 4.69) is 0 Å². The summed E-state index contributed by atoms with van der Waals surface area (Å²) in [6, 6.07) is 0. The molecule has 0 unspecified atom stereocenters. The highest BCUT2D eigenvalue weighted by Crippen LogP contribution is 2.08. The lowest BCUT2D eigenvalue weighted by Crippen LogP contribution is -2.35. The summed E-state index contributed by atoms with van der Waals surface area (Å²) in [6.07, 6.45) is 0. The predicted molar refractivity (Wildman–Crippen MR) is 35.2 cm³/mol. The van der Waals surface area contributed by atoms with Crippen LogP contribution >= 0.6 is 0 Å². The Balaban J connectivity index is 4.48. The van der Waals surface area contributed by atoms with Gasteiger partial charge in [0.15, 0.2) is 0 Å². The van der Waals surface area contributed by atoms with Gasteiger partial charge < -0.3 is 5.11 Å². The van der Waals surface area contributed by atoms with Gasteiger partial charge in [0, 0.05) is 7.05 Å². The minimum absolute atomic E-state index is 0.0833. The molecule has 0 heterocycles. The Morgan fingerprint density at radius 2 is 2.00 bits per heavy atom. The first kappa shape index (κ1) is 11.2. The number of hydrogen-bond donors (Lipinski definition) is 1. The first-order chi connectivity index (χ1) is 5.28. The molecule has 8 heteroatoms. The molecule has 0 aromatic rings. The third kappa shape index (κ3) is 2.70. The molecule has 1 N–H and O–H groups in total. The first-order valence-electron chi connectivity index (χ1n) is 2.73. The lowest BCUT2D eigenvalue weighted by atomic mass is 10.7. The summed E-state index contributed by atoms with van der Waals surface area (Å²) in [5, 5.41) is 8.08. The monoisotopic (exact) mass is 203 g/mol. The van der Waals surface area contributed by atoms with Gasteiger partial charge in [-0.25, -0.2) is 8.42 Å². The number of carboxylic acids is 1. The van der Waals surface area contributed by atoms with Crippen LogP contribution in [0.2, 0.25) is 0 Å². The Morgan fingerprint density at radius 3 is 2.25 bits per heavy atom. The highest BCUT2D eigenvalue weighted by atomic mass is 32.2. The maximum atomic E-state index is 11.7. The van der Waals surface area contributed by atoms with E-state index in [0.29, 0.717) is 0 Å². The van der Waals surface area contributed by atoms with Gasteiger partial charge in [0.1, 0.15) is 6.54 Å². The van der Waals surface area contributed by atoms with Crippen molar-refractivity contribution in [1.82, 2.24) is 4.31 Å². The molecule has 0 fully saturated rings. The van der Waals surface area contributed by atoms with E-state index in [1.54, 1.807) is 0 Å². The van der Waals surface area contributed by atoms with Crippen molar-refractivity contribution >= 4 is 16.0 Å². The van der Waals surface area contributed by atoms with E-state index in [1.807, 2.05) is 0 Å². The Bertz CT molecular complexity index is 262. The maximum absolute atomic E-state index is 11.7. The molecule has 0 aliphatic rings. The third-order valence-electron chi connectivity index (χ3n) is 1.02. The fraction of sp³-hybridized carbons (Fsp3) is 0.750. The van der Waals surface area contributed by atoms with Crippen molar-refractivity contribution in [3.63, 3.8) is 0 Å². The average molecular weight is 203 g/mol. The Morgan fingerprint density at radius 1 is 1.58 bits per heavy atom. The quantitative estimate of drug-likeness (QED) is 0.671. The van der Waals surface area contributed by atoms with E-state index in [9.17, 15) is 22.0 Å². The van der Waals surface area contributed by atoms with E-state index in [4.69, 9.17) is 5.11 Å². The summed E-state index contributed by atoms with van der Waals surface area (Å²) in [7, 11) is -3.98. The molecule has 0 spiro atoms. The lowest BCUT2D eigenvalue weighted by Gasteiger charge is -2.12. The number of sulfonamides is 1. The Labute approximate surface area is 67.6 Å². The molecule has 0 saturated carbocycles. The van der Waals surface area contributed by atoms with E-state index >= 15 is 0 Å². The summed E-state index contributed by atoms with van der Waals surface area (Å²) in [6.45, 7) is -0.966. The summed E-state index contributed by atoms with van der Waals surface area (Å²) in [5.74, 6) is -5.07. The van der Waals surface area contributed by atoms with Gasteiger partial charge in [0.05, 0.1) is 0 Å². The summed E-state index contributed by atoms with van der Waals surface area (Å²) >= 11 is 0. The zero-order valence-electron chi connectivity index (χ0n) is 6.07. The Kier molecular flexibility index (Phi) is 3.53. The molecule has 0 aliphatic carbocycles. The zero-order chi connectivity index (χ0) is 9.94. The van der Waals surface area contributed by atoms with Gasteiger partial charge in [0.2, 0.25) is 0 Å².